The van der Waals surface area contributed by atoms with Gasteiger partial charge in [0.05, 0.1) is 19.1 Å². The van der Waals surface area contributed by atoms with Crippen molar-refractivity contribution in [3.05, 3.63) is 60.1 Å². The predicted molar refractivity (Wildman–Crippen MR) is 82.7 cm³/mol. The predicted octanol–water partition coefficient (Wildman–Crippen LogP) is 1.47. The lowest BCUT2D eigenvalue weighted by atomic mass is 10.2. The van der Waals surface area contributed by atoms with Crippen molar-refractivity contribution in [2.45, 2.75) is 6.54 Å². The fraction of sp³-hybridized carbons (Fsp3) is 0.267. The minimum Gasteiger partial charge on any atom is -0.468 e. The molecule has 1 aromatic heterocycles. The molecular formula is C15H18N2O4S. The van der Waals surface area contributed by atoms with Gasteiger partial charge in [0.1, 0.15) is 5.76 Å². The number of nitrogens with one attached hydrogen (secondary N) is 1. The van der Waals surface area contributed by atoms with Gasteiger partial charge in [-0.3, -0.25) is 4.79 Å². The second kappa shape index (κ2) is 7.24. The van der Waals surface area contributed by atoms with Crippen LogP contribution in [0.15, 0.2) is 53.1 Å². The molecule has 0 atom stereocenters. The van der Waals surface area contributed by atoms with Crippen LogP contribution in [0.25, 0.3) is 0 Å². The SMILES string of the molecule is CS(=O)(=O)N(CCNC(=O)c1ccccc1)Cc1ccco1. The van der Waals surface area contributed by atoms with Gasteiger partial charge in [-0.25, -0.2) is 8.42 Å². The van der Waals surface area contributed by atoms with E-state index in [2.05, 4.69) is 5.32 Å². The zero-order valence-electron chi connectivity index (χ0n) is 12.2. The van der Waals surface area contributed by atoms with Gasteiger partial charge in [0.2, 0.25) is 10.0 Å². The molecule has 0 unspecified atom stereocenters. The first-order chi connectivity index (χ1) is 10.5. The van der Waals surface area contributed by atoms with Gasteiger partial charge in [-0.1, -0.05) is 18.2 Å². The molecule has 1 N–H and O–H groups in total. The number of hydrogen-bond acceptors (Lipinski definition) is 4. The molecule has 0 aliphatic carbocycles. The summed E-state index contributed by atoms with van der Waals surface area (Å²) < 4.78 is 30.0. The van der Waals surface area contributed by atoms with Crippen LogP contribution in [0, 0.1) is 0 Å². The molecule has 0 aliphatic heterocycles. The first-order valence-electron chi connectivity index (χ1n) is 6.77. The van der Waals surface area contributed by atoms with Crippen LogP contribution < -0.4 is 5.32 Å². The Morgan fingerprint density at radius 2 is 1.91 bits per heavy atom. The van der Waals surface area contributed by atoms with E-state index in [-0.39, 0.29) is 25.5 Å². The highest BCUT2D eigenvalue weighted by molar-refractivity contribution is 7.88. The first-order valence-corrected chi connectivity index (χ1v) is 8.62. The Kier molecular flexibility index (Phi) is 5.35. The van der Waals surface area contributed by atoms with Gasteiger partial charge in [0, 0.05) is 18.7 Å². The summed E-state index contributed by atoms with van der Waals surface area (Å²) in [6.45, 7) is 0.548. The molecule has 118 valence electrons. The van der Waals surface area contributed by atoms with Crippen LogP contribution in [0.2, 0.25) is 0 Å². The Morgan fingerprint density at radius 3 is 2.50 bits per heavy atom. The maximum absolute atomic E-state index is 11.9. The number of sulfonamides is 1. The van der Waals surface area contributed by atoms with Crippen LogP contribution in [0.4, 0.5) is 0 Å². The minimum atomic E-state index is -3.38. The summed E-state index contributed by atoms with van der Waals surface area (Å²) in [6.07, 6.45) is 2.63. The molecule has 0 fully saturated rings. The van der Waals surface area contributed by atoms with E-state index in [4.69, 9.17) is 4.42 Å². The van der Waals surface area contributed by atoms with Crippen molar-refractivity contribution in [3.8, 4) is 0 Å². The van der Waals surface area contributed by atoms with Crippen LogP contribution in [0.3, 0.4) is 0 Å². The fourth-order valence-electron chi connectivity index (χ4n) is 1.92. The normalized spacial score (nSPS) is 11.5. The van der Waals surface area contributed by atoms with Gasteiger partial charge < -0.3 is 9.73 Å². The molecule has 1 amide bonds. The molecule has 0 saturated heterocycles. The molecular weight excluding hydrogens is 304 g/mol. The molecule has 0 saturated carbocycles. The van der Waals surface area contributed by atoms with Crippen LogP contribution >= 0.6 is 0 Å². The van der Waals surface area contributed by atoms with E-state index in [1.165, 1.54) is 10.6 Å². The summed E-state index contributed by atoms with van der Waals surface area (Å²) in [5.74, 6) is 0.326. The summed E-state index contributed by atoms with van der Waals surface area (Å²) >= 11 is 0. The third-order valence-electron chi connectivity index (χ3n) is 3.06. The largest absolute Gasteiger partial charge is 0.468 e. The van der Waals surface area contributed by atoms with E-state index >= 15 is 0 Å². The molecule has 2 aromatic rings. The van der Waals surface area contributed by atoms with Gasteiger partial charge in [-0.2, -0.15) is 4.31 Å². The highest BCUT2D eigenvalue weighted by Crippen LogP contribution is 2.08. The van der Waals surface area contributed by atoms with E-state index in [0.717, 1.165) is 6.26 Å². The van der Waals surface area contributed by atoms with Gasteiger partial charge in [0.15, 0.2) is 0 Å². The minimum absolute atomic E-state index is 0.146. The number of carbonyl (C=O) groups is 1. The smallest absolute Gasteiger partial charge is 0.251 e. The maximum atomic E-state index is 11.9. The molecule has 2 rings (SSSR count). The number of rotatable bonds is 7. The molecule has 1 aromatic carbocycles. The Balaban J connectivity index is 1.90. The average Bonchev–Trinajstić information content (AvgIpc) is 2.99. The van der Waals surface area contributed by atoms with Gasteiger partial charge >= 0.3 is 0 Å². The number of nitrogens with zero attached hydrogens (tertiary/aromatic N) is 1. The van der Waals surface area contributed by atoms with Crippen molar-refractivity contribution in [1.82, 2.24) is 9.62 Å². The third kappa shape index (κ3) is 4.71. The van der Waals surface area contributed by atoms with Crippen molar-refractivity contribution in [2.75, 3.05) is 19.3 Å². The van der Waals surface area contributed by atoms with Crippen molar-refractivity contribution in [1.29, 1.82) is 0 Å². The molecule has 7 heteroatoms. The van der Waals surface area contributed by atoms with Crippen molar-refractivity contribution in [2.24, 2.45) is 0 Å². The summed E-state index contributed by atoms with van der Waals surface area (Å²) in [7, 11) is -3.38. The standard InChI is InChI=1S/C15H18N2O4S/c1-22(19,20)17(12-14-8-5-11-21-14)10-9-16-15(18)13-6-3-2-4-7-13/h2-8,11H,9-10,12H2,1H3,(H,16,18). The van der Waals surface area contributed by atoms with E-state index in [0.29, 0.717) is 11.3 Å². The van der Waals surface area contributed by atoms with Crippen molar-refractivity contribution in [3.63, 3.8) is 0 Å². The van der Waals surface area contributed by atoms with E-state index in [9.17, 15) is 13.2 Å². The number of benzene rings is 1. The van der Waals surface area contributed by atoms with Gasteiger partial charge in [-0.15, -0.1) is 0 Å². The third-order valence-corrected chi connectivity index (χ3v) is 4.31. The van der Waals surface area contributed by atoms with Crippen molar-refractivity contribution >= 4 is 15.9 Å². The number of amides is 1. The molecule has 0 aliphatic rings. The van der Waals surface area contributed by atoms with E-state index < -0.39 is 10.0 Å². The molecule has 1 heterocycles. The second-order valence-corrected chi connectivity index (χ2v) is 6.78. The average molecular weight is 322 g/mol. The Hall–Kier alpha value is -2.12. The zero-order valence-corrected chi connectivity index (χ0v) is 13.0. The number of carbonyl (C=O) groups excluding carboxylic acids is 1. The lowest BCUT2D eigenvalue weighted by molar-refractivity contribution is 0.0951. The lowest BCUT2D eigenvalue weighted by Crippen LogP contribution is -2.37. The lowest BCUT2D eigenvalue weighted by Gasteiger charge is -2.19. The maximum Gasteiger partial charge on any atom is 0.251 e. The Labute approximate surface area is 129 Å². The monoisotopic (exact) mass is 322 g/mol. The van der Waals surface area contributed by atoms with Crippen LogP contribution in [0.5, 0.6) is 0 Å². The summed E-state index contributed by atoms with van der Waals surface area (Å²) in [5, 5.41) is 2.71. The fourth-order valence-corrected chi connectivity index (χ4v) is 2.71. The Morgan fingerprint density at radius 1 is 1.18 bits per heavy atom. The highest BCUT2D eigenvalue weighted by atomic mass is 32.2. The molecule has 22 heavy (non-hydrogen) atoms. The van der Waals surface area contributed by atoms with E-state index in [1.807, 2.05) is 6.07 Å². The molecule has 0 bridgehead atoms. The molecule has 6 nitrogen and oxygen atoms in total. The first kappa shape index (κ1) is 16.3. The topological polar surface area (TPSA) is 79.6 Å². The Bertz CT molecular complexity index is 696. The van der Waals surface area contributed by atoms with Crippen LogP contribution in [-0.2, 0) is 16.6 Å². The number of hydrogen-bond donors (Lipinski definition) is 1. The van der Waals surface area contributed by atoms with Crippen LogP contribution in [0.1, 0.15) is 16.1 Å². The van der Waals surface area contributed by atoms with Crippen molar-refractivity contribution < 1.29 is 17.6 Å². The number of furan rings is 1. The second-order valence-electron chi connectivity index (χ2n) is 4.80. The quantitative estimate of drug-likeness (QED) is 0.837. The zero-order chi connectivity index (χ0) is 16.0. The molecule has 0 radical (unpaired) electrons. The molecule has 0 spiro atoms. The highest BCUT2D eigenvalue weighted by Gasteiger charge is 2.18. The van der Waals surface area contributed by atoms with Crippen LogP contribution in [-0.4, -0.2) is 38.0 Å². The summed E-state index contributed by atoms with van der Waals surface area (Å²) in [5.41, 5.74) is 0.541. The van der Waals surface area contributed by atoms with Gasteiger partial charge in [-0.05, 0) is 24.3 Å². The van der Waals surface area contributed by atoms with Gasteiger partial charge in [0.25, 0.3) is 5.91 Å². The van der Waals surface area contributed by atoms with E-state index in [1.54, 1.807) is 36.4 Å². The summed E-state index contributed by atoms with van der Waals surface area (Å²) in [6, 6.07) is 12.2. The summed E-state index contributed by atoms with van der Waals surface area (Å²) in [4.78, 5) is 11.9.